The van der Waals surface area contributed by atoms with Gasteiger partial charge < -0.3 is 10.9 Å². The first-order chi connectivity index (χ1) is 9.83. The van der Waals surface area contributed by atoms with E-state index in [0.717, 1.165) is 17.4 Å². The van der Waals surface area contributed by atoms with Gasteiger partial charge in [-0.05, 0) is 25.1 Å². The van der Waals surface area contributed by atoms with Crippen molar-refractivity contribution >= 4 is 32.9 Å². The van der Waals surface area contributed by atoms with Gasteiger partial charge in [0, 0.05) is 5.56 Å². The smallest absolute Gasteiger partial charge is 0.273 e. The summed E-state index contributed by atoms with van der Waals surface area (Å²) in [5.74, 6) is -1.12. The molecule has 0 fully saturated rings. The van der Waals surface area contributed by atoms with E-state index in [0.29, 0.717) is 5.01 Å². The predicted octanol–water partition coefficient (Wildman–Crippen LogP) is 1.49. The molecule has 0 bridgehead atoms. The van der Waals surface area contributed by atoms with Crippen LogP contribution in [0.2, 0.25) is 0 Å². The van der Waals surface area contributed by atoms with E-state index in [2.05, 4.69) is 14.9 Å². The number of nitrogens with two attached hydrogens (primary N) is 1. The summed E-state index contributed by atoms with van der Waals surface area (Å²) in [6.07, 6.45) is 1.20. The molecule has 10 heteroatoms. The Labute approximate surface area is 124 Å². The number of anilines is 1. The van der Waals surface area contributed by atoms with Crippen molar-refractivity contribution in [3.8, 4) is 0 Å². The summed E-state index contributed by atoms with van der Waals surface area (Å²) in [6.45, 7) is 1.66. The van der Waals surface area contributed by atoms with Crippen molar-refractivity contribution in [1.29, 1.82) is 0 Å². The normalized spacial score (nSPS) is 12.4. The number of thiazole rings is 1. The third-order valence-electron chi connectivity index (χ3n) is 2.48. The van der Waals surface area contributed by atoms with Crippen molar-refractivity contribution in [1.82, 2.24) is 4.98 Å². The minimum absolute atomic E-state index is 0.0140. The van der Waals surface area contributed by atoms with E-state index in [1.54, 1.807) is 6.92 Å². The van der Waals surface area contributed by atoms with Gasteiger partial charge in [-0.25, -0.2) is 17.8 Å². The van der Waals surface area contributed by atoms with E-state index < -0.39 is 15.8 Å². The van der Waals surface area contributed by atoms with Gasteiger partial charge in [0.1, 0.15) is 5.82 Å². The second kappa shape index (κ2) is 5.66. The number of hydrogen-bond donors (Lipinski definition) is 3. The molecule has 4 N–H and O–H groups in total. The zero-order valence-electron chi connectivity index (χ0n) is 10.7. The fraction of sp³-hybridized carbons (Fsp3) is 0.0909. The fourth-order valence-electron chi connectivity index (χ4n) is 1.48. The van der Waals surface area contributed by atoms with E-state index in [-0.39, 0.29) is 21.3 Å². The standard InChI is InChI=1S/C11H11FN4O3S2/c1-6-14-5-10(20-6)21(18,19)16-9-3-2-7(4-8(9)12)11(13)15-17/h2-5,16-17H,1H3,(H2,13,15). The van der Waals surface area contributed by atoms with Crippen molar-refractivity contribution in [2.75, 3.05) is 4.72 Å². The van der Waals surface area contributed by atoms with Crippen LogP contribution in [0.1, 0.15) is 10.6 Å². The van der Waals surface area contributed by atoms with Crippen molar-refractivity contribution < 1.29 is 18.0 Å². The van der Waals surface area contributed by atoms with E-state index in [9.17, 15) is 12.8 Å². The third-order valence-corrected chi connectivity index (χ3v) is 5.22. The van der Waals surface area contributed by atoms with Crippen LogP contribution in [-0.4, -0.2) is 24.4 Å². The van der Waals surface area contributed by atoms with Gasteiger partial charge in [0.2, 0.25) is 0 Å². The zero-order chi connectivity index (χ0) is 15.6. The van der Waals surface area contributed by atoms with E-state index in [4.69, 9.17) is 10.9 Å². The predicted molar refractivity (Wildman–Crippen MR) is 76.6 cm³/mol. The van der Waals surface area contributed by atoms with Crippen LogP contribution < -0.4 is 10.5 Å². The monoisotopic (exact) mass is 330 g/mol. The first-order valence-electron chi connectivity index (χ1n) is 5.56. The number of amidine groups is 1. The highest BCUT2D eigenvalue weighted by Gasteiger charge is 2.19. The topological polar surface area (TPSA) is 118 Å². The molecule has 0 aliphatic carbocycles. The number of halogens is 1. The molecular formula is C11H11FN4O3S2. The highest BCUT2D eigenvalue weighted by Crippen LogP contribution is 2.23. The Kier molecular flexibility index (Phi) is 4.09. The van der Waals surface area contributed by atoms with Gasteiger partial charge in [-0.15, -0.1) is 11.3 Å². The second-order valence-electron chi connectivity index (χ2n) is 3.98. The van der Waals surface area contributed by atoms with Crippen LogP contribution in [0.3, 0.4) is 0 Å². The maximum atomic E-state index is 13.9. The van der Waals surface area contributed by atoms with Crippen molar-refractivity contribution in [2.45, 2.75) is 11.1 Å². The molecule has 1 heterocycles. The third kappa shape index (κ3) is 3.28. The van der Waals surface area contributed by atoms with Gasteiger partial charge in [-0.3, -0.25) is 4.72 Å². The molecule has 0 atom stereocenters. The quantitative estimate of drug-likeness (QED) is 0.340. The number of aromatic nitrogens is 1. The zero-order valence-corrected chi connectivity index (χ0v) is 12.4. The van der Waals surface area contributed by atoms with Gasteiger partial charge in [0.25, 0.3) is 10.0 Å². The summed E-state index contributed by atoms with van der Waals surface area (Å²) < 4.78 is 40.1. The van der Waals surface area contributed by atoms with E-state index in [1.807, 2.05) is 0 Å². The molecule has 112 valence electrons. The molecule has 1 aromatic carbocycles. The minimum Gasteiger partial charge on any atom is -0.409 e. The molecule has 0 unspecified atom stereocenters. The highest BCUT2D eigenvalue weighted by atomic mass is 32.2. The lowest BCUT2D eigenvalue weighted by Gasteiger charge is -2.08. The average Bonchev–Trinajstić information content (AvgIpc) is 2.87. The van der Waals surface area contributed by atoms with Crippen LogP contribution in [0.5, 0.6) is 0 Å². The largest absolute Gasteiger partial charge is 0.409 e. The molecule has 0 amide bonds. The number of oxime groups is 1. The Morgan fingerprint density at radius 2 is 2.24 bits per heavy atom. The molecule has 0 saturated heterocycles. The van der Waals surface area contributed by atoms with E-state index >= 15 is 0 Å². The highest BCUT2D eigenvalue weighted by molar-refractivity contribution is 7.94. The first kappa shape index (κ1) is 15.2. The molecule has 21 heavy (non-hydrogen) atoms. The van der Waals surface area contributed by atoms with Crippen LogP contribution in [0.15, 0.2) is 33.8 Å². The van der Waals surface area contributed by atoms with Gasteiger partial charge in [-0.2, -0.15) is 0 Å². The summed E-state index contributed by atoms with van der Waals surface area (Å²) >= 11 is 0.975. The van der Waals surface area contributed by atoms with Gasteiger partial charge in [-0.1, -0.05) is 5.16 Å². The van der Waals surface area contributed by atoms with Gasteiger partial charge in [0.05, 0.1) is 16.9 Å². The molecule has 0 aliphatic heterocycles. The lowest BCUT2D eigenvalue weighted by Crippen LogP contribution is -2.15. The number of nitrogens with zero attached hydrogens (tertiary/aromatic N) is 2. The Balaban J connectivity index is 2.32. The molecule has 1 aromatic heterocycles. The lowest BCUT2D eigenvalue weighted by molar-refractivity contribution is 0.318. The van der Waals surface area contributed by atoms with Crippen LogP contribution in [0, 0.1) is 12.7 Å². The van der Waals surface area contributed by atoms with Crippen LogP contribution in [-0.2, 0) is 10.0 Å². The Bertz CT molecular complexity index is 802. The Morgan fingerprint density at radius 3 is 2.76 bits per heavy atom. The lowest BCUT2D eigenvalue weighted by atomic mass is 10.2. The molecule has 7 nitrogen and oxygen atoms in total. The van der Waals surface area contributed by atoms with Crippen LogP contribution in [0.4, 0.5) is 10.1 Å². The second-order valence-corrected chi connectivity index (χ2v) is 7.13. The summed E-state index contributed by atoms with van der Waals surface area (Å²) in [4.78, 5) is 3.84. The summed E-state index contributed by atoms with van der Waals surface area (Å²) in [6, 6.07) is 3.48. The number of benzene rings is 1. The maximum absolute atomic E-state index is 13.9. The number of hydrogen-bond acceptors (Lipinski definition) is 6. The molecule has 0 radical (unpaired) electrons. The minimum atomic E-state index is -3.90. The maximum Gasteiger partial charge on any atom is 0.273 e. The van der Waals surface area contributed by atoms with Gasteiger partial charge in [0.15, 0.2) is 10.0 Å². The summed E-state index contributed by atoms with van der Waals surface area (Å²) in [7, 11) is -3.90. The Hall–Kier alpha value is -2.20. The molecule has 2 aromatic rings. The SMILES string of the molecule is Cc1ncc(S(=O)(=O)Nc2ccc(/C(N)=N/O)cc2F)s1. The average molecular weight is 330 g/mol. The van der Waals surface area contributed by atoms with Crippen molar-refractivity contribution in [2.24, 2.45) is 10.9 Å². The van der Waals surface area contributed by atoms with Crippen LogP contribution in [0.25, 0.3) is 0 Å². The molecule has 0 spiro atoms. The molecule has 0 aliphatic rings. The number of nitrogens with one attached hydrogen (secondary N) is 1. The summed E-state index contributed by atoms with van der Waals surface area (Å²) in [5.41, 5.74) is 5.21. The van der Waals surface area contributed by atoms with Crippen molar-refractivity contribution in [3.63, 3.8) is 0 Å². The number of aryl methyl sites for hydroxylation is 1. The molecule has 2 rings (SSSR count). The van der Waals surface area contributed by atoms with E-state index in [1.165, 1.54) is 18.3 Å². The van der Waals surface area contributed by atoms with Crippen molar-refractivity contribution in [3.05, 3.63) is 40.8 Å². The molecule has 0 saturated carbocycles. The number of rotatable bonds is 4. The van der Waals surface area contributed by atoms with Gasteiger partial charge >= 0.3 is 0 Å². The Morgan fingerprint density at radius 1 is 1.52 bits per heavy atom. The fourth-order valence-corrected chi connectivity index (χ4v) is 3.65. The molecular weight excluding hydrogens is 319 g/mol. The number of sulfonamides is 1. The summed E-state index contributed by atoms with van der Waals surface area (Å²) in [5, 5.41) is 11.8. The van der Waals surface area contributed by atoms with Crippen LogP contribution >= 0.6 is 11.3 Å². The first-order valence-corrected chi connectivity index (χ1v) is 7.86.